The number of fused-ring (bicyclic) bond motifs is 1. The summed E-state index contributed by atoms with van der Waals surface area (Å²) in [5.41, 5.74) is 2.60. The Balaban J connectivity index is 2.34. The zero-order valence-corrected chi connectivity index (χ0v) is 8.67. The molecule has 0 saturated heterocycles. The van der Waals surface area contributed by atoms with E-state index in [1.807, 2.05) is 6.07 Å². The maximum Gasteiger partial charge on any atom is 0.207 e. The molecule has 1 aromatic rings. The van der Waals surface area contributed by atoms with Crippen molar-refractivity contribution in [2.75, 3.05) is 0 Å². The summed E-state index contributed by atoms with van der Waals surface area (Å²) in [5.74, 6) is 0. The van der Waals surface area contributed by atoms with Crippen molar-refractivity contribution in [3.8, 4) is 0 Å². The molecule has 0 aromatic heterocycles. The van der Waals surface area contributed by atoms with Crippen LogP contribution in [0.1, 0.15) is 23.6 Å². The SMILES string of the molecule is O=CNC1CCc2ccc(Br)cc21. The van der Waals surface area contributed by atoms with Crippen molar-refractivity contribution >= 4 is 22.3 Å². The minimum Gasteiger partial charge on any atom is -0.352 e. The number of amides is 1. The molecule has 0 aliphatic heterocycles. The Kier molecular flexibility index (Phi) is 2.36. The van der Waals surface area contributed by atoms with Crippen LogP contribution >= 0.6 is 15.9 Å². The second kappa shape index (κ2) is 3.50. The highest BCUT2D eigenvalue weighted by Gasteiger charge is 2.21. The number of rotatable bonds is 2. The van der Waals surface area contributed by atoms with Gasteiger partial charge in [0, 0.05) is 4.47 Å². The highest BCUT2D eigenvalue weighted by atomic mass is 79.9. The van der Waals surface area contributed by atoms with E-state index in [9.17, 15) is 4.79 Å². The Morgan fingerprint density at radius 3 is 3.15 bits per heavy atom. The number of carbonyl (C=O) groups excluding carboxylic acids is 1. The Labute approximate surface area is 85.5 Å². The van der Waals surface area contributed by atoms with Crippen LogP contribution in [0.15, 0.2) is 22.7 Å². The molecule has 1 aromatic carbocycles. The number of hydrogen-bond acceptors (Lipinski definition) is 1. The van der Waals surface area contributed by atoms with Gasteiger partial charge in [-0.2, -0.15) is 0 Å². The van der Waals surface area contributed by atoms with E-state index in [0.717, 1.165) is 23.7 Å². The van der Waals surface area contributed by atoms with Crippen molar-refractivity contribution in [2.24, 2.45) is 0 Å². The molecule has 0 heterocycles. The maximum atomic E-state index is 10.3. The molecule has 1 aliphatic rings. The summed E-state index contributed by atoms with van der Waals surface area (Å²) in [6.07, 6.45) is 2.86. The number of carbonyl (C=O) groups is 1. The van der Waals surface area contributed by atoms with Gasteiger partial charge in [0.05, 0.1) is 6.04 Å². The van der Waals surface area contributed by atoms with Crippen LogP contribution in [-0.2, 0) is 11.2 Å². The Morgan fingerprint density at radius 1 is 1.54 bits per heavy atom. The fourth-order valence-electron chi connectivity index (χ4n) is 1.83. The molecular weight excluding hydrogens is 230 g/mol. The third-order valence-corrected chi connectivity index (χ3v) is 2.95. The van der Waals surface area contributed by atoms with Crippen LogP contribution in [0.5, 0.6) is 0 Å². The highest BCUT2D eigenvalue weighted by molar-refractivity contribution is 9.10. The van der Waals surface area contributed by atoms with Gasteiger partial charge >= 0.3 is 0 Å². The quantitative estimate of drug-likeness (QED) is 0.788. The van der Waals surface area contributed by atoms with Crippen LogP contribution in [0.25, 0.3) is 0 Å². The second-order valence-corrected chi connectivity index (χ2v) is 4.13. The molecule has 0 saturated carbocycles. The fourth-order valence-corrected chi connectivity index (χ4v) is 2.21. The van der Waals surface area contributed by atoms with Gasteiger partial charge in [0.1, 0.15) is 0 Å². The molecule has 0 fully saturated rings. The van der Waals surface area contributed by atoms with Crippen LogP contribution in [0.2, 0.25) is 0 Å². The maximum absolute atomic E-state index is 10.3. The van der Waals surface area contributed by atoms with Crippen LogP contribution in [0.4, 0.5) is 0 Å². The van der Waals surface area contributed by atoms with Crippen molar-refractivity contribution in [3.63, 3.8) is 0 Å². The molecule has 0 radical (unpaired) electrons. The first-order chi connectivity index (χ1) is 6.31. The normalized spacial score (nSPS) is 19.6. The van der Waals surface area contributed by atoms with Crippen molar-refractivity contribution < 1.29 is 4.79 Å². The van der Waals surface area contributed by atoms with Crippen LogP contribution in [0, 0.1) is 0 Å². The first-order valence-corrected chi connectivity index (χ1v) is 5.08. The third-order valence-electron chi connectivity index (χ3n) is 2.45. The van der Waals surface area contributed by atoms with Gasteiger partial charge < -0.3 is 5.32 Å². The molecular formula is C10H10BrNO. The highest BCUT2D eigenvalue weighted by Crippen LogP contribution is 2.32. The summed E-state index contributed by atoms with van der Waals surface area (Å²) < 4.78 is 1.07. The van der Waals surface area contributed by atoms with Crippen LogP contribution in [0.3, 0.4) is 0 Å². The Hall–Kier alpha value is -0.830. The molecule has 0 spiro atoms. The lowest BCUT2D eigenvalue weighted by molar-refractivity contribution is -0.110. The monoisotopic (exact) mass is 239 g/mol. The van der Waals surface area contributed by atoms with E-state index in [1.165, 1.54) is 11.1 Å². The molecule has 1 aliphatic carbocycles. The summed E-state index contributed by atoms with van der Waals surface area (Å²) in [7, 11) is 0. The summed E-state index contributed by atoms with van der Waals surface area (Å²) in [5, 5.41) is 2.83. The largest absolute Gasteiger partial charge is 0.352 e. The average Bonchev–Trinajstić information content (AvgIpc) is 2.49. The topological polar surface area (TPSA) is 29.1 Å². The van der Waals surface area contributed by atoms with Gasteiger partial charge in [0.15, 0.2) is 0 Å². The summed E-state index contributed by atoms with van der Waals surface area (Å²) in [4.78, 5) is 10.3. The Morgan fingerprint density at radius 2 is 2.38 bits per heavy atom. The Bertz CT molecular complexity index is 338. The van der Waals surface area contributed by atoms with E-state index in [0.29, 0.717) is 0 Å². The first-order valence-electron chi connectivity index (χ1n) is 4.29. The van der Waals surface area contributed by atoms with Gasteiger partial charge in [-0.15, -0.1) is 0 Å². The molecule has 13 heavy (non-hydrogen) atoms. The van der Waals surface area contributed by atoms with E-state index in [1.54, 1.807) is 0 Å². The lowest BCUT2D eigenvalue weighted by Gasteiger charge is -2.09. The van der Waals surface area contributed by atoms with E-state index < -0.39 is 0 Å². The molecule has 2 nitrogen and oxygen atoms in total. The van der Waals surface area contributed by atoms with Gasteiger partial charge in [-0.1, -0.05) is 22.0 Å². The molecule has 2 rings (SSSR count). The minimum atomic E-state index is 0.213. The summed E-state index contributed by atoms with van der Waals surface area (Å²) in [6, 6.07) is 6.46. The van der Waals surface area contributed by atoms with E-state index in [4.69, 9.17) is 0 Å². The zero-order chi connectivity index (χ0) is 9.26. The standard InChI is InChI=1S/C10H10BrNO/c11-8-3-1-7-2-4-10(12-6-13)9(7)5-8/h1,3,5-6,10H,2,4H2,(H,12,13). The minimum absolute atomic E-state index is 0.213. The number of hydrogen-bond donors (Lipinski definition) is 1. The van der Waals surface area contributed by atoms with Crippen molar-refractivity contribution in [1.29, 1.82) is 0 Å². The molecule has 1 N–H and O–H groups in total. The van der Waals surface area contributed by atoms with E-state index in [2.05, 4.69) is 33.4 Å². The lowest BCUT2D eigenvalue weighted by Crippen LogP contribution is -2.16. The zero-order valence-electron chi connectivity index (χ0n) is 7.09. The smallest absolute Gasteiger partial charge is 0.207 e. The van der Waals surface area contributed by atoms with Crippen LogP contribution in [-0.4, -0.2) is 6.41 Å². The number of benzene rings is 1. The average molecular weight is 240 g/mol. The van der Waals surface area contributed by atoms with Crippen molar-refractivity contribution in [3.05, 3.63) is 33.8 Å². The molecule has 1 atom stereocenters. The summed E-state index contributed by atoms with van der Waals surface area (Å²) >= 11 is 3.43. The van der Waals surface area contributed by atoms with Crippen molar-refractivity contribution in [1.82, 2.24) is 5.32 Å². The molecule has 1 unspecified atom stereocenters. The molecule has 1 amide bonds. The predicted octanol–water partition coefficient (Wildman–Crippen LogP) is 2.18. The number of aryl methyl sites for hydroxylation is 1. The second-order valence-electron chi connectivity index (χ2n) is 3.22. The first kappa shape index (κ1) is 8.75. The fraction of sp³-hybridized carbons (Fsp3) is 0.300. The van der Waals surface area contributed by atoms with Gasteiger partial charge in [-0.3, -0.25) is 4.79 Å². The molecule has 3 heteroatoms. The summed E-state index contributed by atoms with van der Waals surface area (Å²) in [6.45, 7) is 0. The van der Waals surface area contributed by atoms with E-state index in [-0.39, 0.29) is 6.04 Å². The van der Waals surface area contributed by atoms with Gasteiger partial charge in [-0.25, -0.2) is 0 Å². The van der Waals surface area contributed by atoms with Crippen LogP contribution < -0.4 is 5.32 Å². The van der Waals surface area contributed by atoms with Gasteiger partial charge in [0.2, 0.25) is 6.41 Å². The number of nitrogens with one attached hydrogen (secondary N) is 1. The predicted molar refractivity (Wildman–Crippen MR) is 54.4 cm³/mol. The third kappa shape index (κ3) is 1.61. The van der Waals surface area contributed by atoms with Crippen molar-refractivity contribution in [2.45, 2.75) is 18.9 Å². The molecule has 68 valence electrons. The van der Waals surface area contributed by atoms with Gasteiger partial charge in [-0.05, 0) is 36.1 Å². The van der Waals surface area contributed by atoms with E-state index >= 15 is 0 Å². The molecule has 0 bridgehead atoms. The lowest BCUT2D eigenvalue weighted by atomic mass is 10.1. The number of halogens is 1. The van der Waals surface area contributed by atoms with Gasteiger partial charge in [0.25, 0.3) is 0 Å².